The minimum atomic E-state index is 0.596. The molecule has 0 N–H and O–H groups in total. The summed E-state index contributed by atoms with van der Waals surface area (Å²) in [5.74, 6) is 0. The van der Waals surface area contributed by atoms with Crippen LogP contribution in [0.1, 0.15) is 20.8 Å². The van der Waals surface area contributed by atoms with E-state index in [-0.39, 0.29) is 0 Å². The van der Waals surface area contributed by atoms with E-state index in [0.29, 0.717) is 11.1 Å². The number of aldehydes is 1. The van der Waals surface area contributed by atoms with Crippen LogP contribution in [0.3, 0.4) is 0 Å². The number of fused-ring (bicyclic) bond motifs is 1. The molecular formula is C11H7NOS. The Bertz CT molecular complexity index is 548. The summed E-state index contributed by atoms with van der Waals surface area (Å²) in [4.78, 5) is 11.8. The van der Waals surface area contributed by atoms with E-state index < -0.39 is 0 Å². The first-order valence-corrected chi connectivity index (χ1v) is 4.96. The third-order valence-corrected chi connectivity index (χ3v) is 3.26. The molecule has 0 saturated heterocycles. The summed E-state index contributed by atoms with van der Waals surface area (Å²) in [6.45, 7) is 1.92. The molecule has 2 rings (SSSR count). The molecule has 1 heterocycles. The van der Waals surface area contributed by atoms with Crippen LogP contribution < -0.4 is 0 Å². The van der Waals surface area contributed by atoms with Crippen molar-refractivity contribution in [2.24, 2.45) is 0 Å². The lowest BCUT2D eigenvalue weighted by atomic mass is 10.1. The van der Waals surface area contributed by atoms with Gasteiger partial charge in [-0.15, -0.1) is 11.3 Å². The number of nitriles is 1. The normalized spacial score (nSPS) is 10.0. The molecule has 0 unspecified atom stereocenters. The molecule has 0 amide bonds. The van der Waals surface area contributed by atoms with Crippen molar-refractivity contribution < 1.29 is 4.79 Å². The molecule has 0 aliphatic heterocycles. The summed E-state index contributed by atoms with van der Waals surface area (Å²) in [5.41, 5.74) is 1.31. The van der Waals surface area contributed by atoms with Gasteiger partial charge in [0, 0.05) is 20.5 Å². The Labute approximate surface area is 85.4 Å². The smallest absolute Gasteiger partial charge is 0.151 e. The van der Waals surface area contributed by atoms with Crippen LogP contribution in [-0.4, -0.2) is 6.29 Å². The average molecular weight is 201 g/mol. The molecule has 2 nitrogen and oxygen atoms in total. The highest BCUT2D eigenvalue weighted by Crippen LogP contribution is 2.30. The molecule has 2 aromatic rings. The van der Waals surface area contributed by atoms with E-state index >= 15 is 0 Å². The summed E-state index contributed by atoms with van der Waals surface area (Å²) < 4.78 is 1.06. The lowest BCUT2D eigenvalue weighted by Crippen LogP contribution is -1.80. The monoisotopic (exact) mass is 201 g/mol. The van der Waals surface area contributed by atoms with Crippen LogP contribution in [-0.2, 0) is 0 Å². The molecule has 1 aromatic heterocycles. The summed E-state index contributed by atoms with van der Waals surface area (Å²) >= 11 is 1.58. The maximum atomic E-state index is 10.8. The molecule has 3 heteroatoms. The third kappa shape index (κ3) is 1.21. The summed E-state index contributed by atoms with van der Waals surface area (Å²) in [6, 6.07) is 7.49. The number of hydrogen-bond donors (Lipinski definition) is 0. The van der Waals surface area contributed by atoms with Crippen LogP contribution in [0.25, 0.3) is 10.1 Å². The highest BCUT2D eigenvalue weighted by Gasteiger charge is 2.08. The van der Waals surface area contributed by atoms with Crippen molar-refractivity contribution in [2.75, 3.05) is 0 Å². The molecule has 0 bridgehead atoms. The predicted molar refractivity (Wildman–Crippen MR) is 56.7 cm³/mol. The minimum absolute atomic E-state index is 0.596. The third-order valence-electron chi connectivity index (χ3n) is 2.16. The second kappa shape index (κ2) is 3.24. The molecule has 0 aliphatic carbocycles. The van der Waals surface area contributed by atoms with Crippen molar-refractivity contribution in [3.63, 3.8) is 0 Å². The first-order chi connectivity index (χ1) is 6.76. The van der Waals surface area contributed by atoms with E-state index in [1.165, 1.54) is 0 Å². The Morgan fingerprint density at radius 3 is 2.93 bits per heavy atom. The number of thiophene rings is 1. The van der Waals surface area contributed by atoms with Gasteiger partial charge in [-0.25, -0.2) is 0 Å². The Kier molecular flexibility index (Phi) is 2.06. The maximum absolute atomic E-state index is 10.8. The SMILES string of the molecule is Cc1sc2ccc(C#N)cc2c1C=O. The largest absolute Gasteiger partial charge is 0.298 e. The highest BCUT2D eigenvalue weighted by molar-refractivity contribution is 7.19. The Balaban J connectivity index is 2.85. The predicted octanol–water partition coefficient (Wildman–Crippen LogP) is 2.89. The quantitative estimate of drug-likeness (QED) is 0.665. The maximum Gasteiger partial charge on any atom is 0.151 e. The number of nitrogens with zero attached hydrogens (tertiary/aromatic N) is 1. The van der Waals surface area contributed by atoms with E-state index in [1.54, 1.807) is 23.5 Å². The minimum Gasteiger partial charge on any atom is -0.298 e. The van der Waals surface area contributed by atoms with Crippen LogP contribution in [0.5, 0.6) is 0 Å². The van der Waals surface area contributed by atoms with Gasteiger partial charge in [0.1, 0.15) is 0 Å². The van der Waals surface area contributed by atoms with Gasteiger partial charge in [0.05, 0.1) is 11.6 Å². The highest BCUT2D eigenvalue weighted by atomic mass is 32.1. The molecule has 14 heavy (non-hydrogen) atoms. The molecule has 1 aromatic carbocycles. The lowest BCUT2D eigenvalue weighted by Gasteiger charge is -1.91. The zero-order chi connectivity index (χ0) is 10.1. The zero-order valence-corrected chi connectivity index (χ0v) is 8.39. The second-order valence-electron chi connectivity index (χ2n) is 3.01. The van der Waals surface area contributed by atoms with Crippen LogP contribution >= 0.6 is 11.3 Å². The van der Waals surface area contributed by atoms with Crippen LogP contribution in [0.2, 0.25) is 0 Å². The van der Waals surface area contributed by atoms with Gasteiger partial charge in [0.15, 0.2) is 6.29 Å². The van der Waals surface area contributed by atoms with E-state index in [1.807, 2.05) is 13.0 Å². The van der Waals surface area contributed by atoms with E-state index in [9.17, 15) is 4.79 Å². The van der Waals surface area contributed by atoms with Gasteiger partial charge in [-0.2, -0.15) is 5.26 Å². The Morgan fingerprint density at radius 2 is 2.29 bits per heavy atom. The number of rotatable bonds is 1. The number of carbonyl (C=O) groups is 1. The molecule has 0 fully saturated rings. The first kappa shape index (κ1) is 8.92. The molecule has 0 radical (unpaired) electrons. The summed E-state index contributed by atoms with van der Waals surface area (Å²) in [7, 11) is 0. The number of aryl methyl sites for hydroxylation is 1. The molecule has 0 atom stereocenters. The van der Waals surface area contributed by atoms with Gasteiger partial charge in [0.2, 0.25) is 0 Å². The standard InChI is InChI=1S/C11H7NOS/c1-7-10(6-13)9-4-8(5-12)2-3-11(9)14-7/h2-4,6H,1H3. The summed E-state index contributed by atoms with van der Waals surface area (Å²) in [5, 5.41) is 9.62. The van der Waals surface area contributed by atoms with Gasteiger partial charge in [-0.3, -0.25) is 4.79 Å². The number of benzene rings is 1. The van der Waals surface area contributed by atoms with Gasteiger partial charge in [0.25, 0.3) is 0 Å². The fraction of sp³-hybridized carbons (Fsp3) is 0.0909. The van der Waals surface area contributed by atoms with Crippen molar-refractivity contribution in [3.05, 3.63) is 34.2 Å². The van der Waals surface area contributed by atoms with Gasteiger partial charge in [-0.1, -0.05) is 0 Å². The fourth-order valence-corrected chi connectivity index (χ4v) is 2.47. The van der Waals surface area contributed by atoms with Crippen LogP contribution in [0.15, 0.2) is 18.2 Å². The average Bonchev–Trinajstić information content (AvgIpc) is 2.52. The van der Waals surface area contributed by atoms with Gasteiger partial charge >= 0.3 is 0 Å². The van der Waals surface area contributed by atoms with Crippen LogP contribution in [0, 0.1) is 18.3 Å². The molecule has 0 saturated carbocycles. The van der Waals surface area contributed by atoms with Crippen LogP contribution in [0.4, 0.5) is 0 Å². The van der Waals surface area contributed by atoms with Crippen molar-refractivity contribution in [3.8, 4) is 6.07 Å². The lowest BCUT2D eigenvalue weighted by molar-refractivity contribution is 0.112. The number of carbonyl (C=O) groups excluding carboxylic acids is 1. The number of hydrogen-bond acceptors (Lipinski definition) is 3. The van der Waals surface area contributed by atoms with Crippen molar-refractivity contribution in [1.82, 2.24) is 0 Å². The zero-order valence-electron chi connectivity index (χ0n) is 7.57. The van der Waals surface area contributed by atoms with E-state index in [4.69, 9.17) is 5.26 Å². The van der Waals surface area contributed by atoms with E-state index in [2.05, 4.69) is 6.07 Å². The molecule has 0 aliphatic rings. The topological polar surface area (TPSA) is 40.9 Å². The first-order valence-electron chi connectivity index (χ1n) is 4.14. The van der Waals surface area contributed by atoms with Gasteiger partial charge in [-0.05, 0) is 25.1 Å². The Morgan fingerprint density at radius 1 is 1.50 bits per heavy atom. The van der Waals surface area contributed by atoms with Crippen molar-refractivity contribution in [2.45, 2.75) is 6.92 Å². The molecular weight excluding hydrogens is 194 g/mol. The van der Waals surface area contributed by atoms with Crippen molar-refractivity contribution >= 4 is 27.7 Å². The van der Waals surface area contributed by atoms with Crippen molar-refractivity contribution in [1.29, 1.82) is 5.26 Å². The molecule has 68 valence electrons. The summed E-state index contributed by atoms with van der Waals surface area (Å²) in [6.07, 6.45) is 0.856. The Hall–Kier alpha value is -1.66. The second-order valence-corrected chi connectivity index (χ2v) is 4.27. The molecule has 0 spiro atoms. The van der Waals surface area contributed by atoms with Gasteiger partial charge < -0.3 is 0 Å². The van der Waals surface area contributed by atoms with E-state index in [0.717, 1.165) is 21.2 Å². The fourth-order valence-electron chi connectivity index (χ4n) is 1.46.